The number of likely N-dealkylation sites (tertiary alicyclic amines) is 1. The monoisotopic (exact) mass is 398 g/mol. The number of nitrogens with one attached hydrogen (secondary N) is 1. The number of carbonyl (C=O) groups is 1. The zero-order chi connectivity index (χ0) is 20.1. The molecule has 0 atom stereocenters. The van der Waals surface area contributed by atoms with E-state index in [4.69, 9.17) is 9.15 Å². The van der Waals surface area contributed by atoms with Crippen LogP contribution in [-0.4, -0.2) is 42.6 Å². The van der Waals surface area contributed by atoms with Gasteiger partial charge in [0.15, 0.2) is 5.76 Å². The minimum atomic E-state index is -0.113. The van der Waals surface area contributed by atoms with E-state index in [0.717, 1.165) is 29.6 Å². The molecule has 1 aromatic carbocycles. The number of hydrogen-bond acceptors (Lipinski definition) is 4. The van der Waals surface area contributed by atoms with Crippen molar-refractivity contribution in [3.8, 4) is 0 Å². The summed E-state index contributed by atoms with van der Waals surface area (Å²) in [4.78, 5) is 15.8. The quantitative estimate of drug-likeness (QED) is 0.722. The Balaban J connectivity index is 1.53. The van der Waals surface area contributed by atoms with Crippen LogP contribution in [0.4, 0.5) is 0 Å². The summed E-state index contributed by atoms with van der Waals surface area (Å²) in [7, 11) is 0. The summed E-state index contributed by atoms with van der Waals surface area (Å²) >= 11 is 0. The number of piperidine rings is 1. The summed E-state index contributed by atoms with van der Waals surface area (Å²) in [5.41, 5.74) is 1.71. The second-order valence-corrected chi connectivity index (χ2v) is 8.56. The molecule has 158 valence electrons. The first-order valence-electron chi connectivity index (χ1n) is 11.3. The lowest BCUT2D eigenvalue weighted by atomic mass is 9.79. The third-order valence-electron chi connectivity index (χ3n) is 6.74. The number of benzene rings is 1. The van der Waals surface area contributed by atoms with Crippen molar-refractivity contribution in [2.24, 2.45) is 0 Å². The topological polar surface area (TPSA) is 54.7 Å². The van der Waals surface area contributed by atoms with Gasteiger partial charge in [0.25, 0.3) is 5.91 Å². The summed E-state index contributed by atoms with van der Waals surface area (Å²) in [5, 5.41) is 4.22. The third-order valence-corrected chi connectivity index (χ3v) is 6.74. The molecule has 2 aliphatic rings. The smallest absolute Gasteiger partial charge is 0.287 e. The Kier molecular flexibility index (Phi) is 6.56. The highest BCUT2D eigenvalue weighted by Crippen LogP contribution is 2.35. The van der Waals surface area contributed by atoms with Crippen LogP contribution in [0.1, 0.15) is 74.4 Å². The number of hydrogen-bond donors (Lipinski definition) is 1. The average Bonchev–Trinajstić information content (AvgIpc) is 3.16. The number of rotatable bonds is 7. The number of nitrogens with zero attached hydrogens (tertiary/aromatic N) is 1. The lowest BCUT2D eigenvalue weighted by molar-refractivity contribution is 0.0323. The number of furan rings is 1. The Morgan fingerprint density at radius 3 is 2.59 bits per heavy atom. The van der Waals surface area contributed by atoms with Crippen LogP contribution in [0.3, 0.4) is 0 Å². The van der Waals surface area contributed by atoms with Gasteiger partial charge in [0.05, 0.1) is 6.61 Å². The zero-order valence-corrected chi connectivity index (χ0v) is 17.7. The van der Waals surface area contributed by atoms with Gasteiger partial charge in [-0.3, -0.25) is 9.69 Å². The second kappa shape index (κ2) is 9.31. The maximum atomic E-state index is 13.2. The summed E-state index contributed by atoms with van der Waals surface area (Å²) in [6.45, 7) is 6.00. The molecule has 1 aliphatic carbocycles. The molecular formula is C24H34N2O3. The van der Waals surface area contributed by atoms with Crippen LogP contribution >= 0.6 is 0 Å². The van der Waals surface area contributed by atoms with E-state index in [1.165, 1.54) is 51.4 Å². The predicted octanol–water partition coefficient (Wildman–Crippen LogP) is 4.89. The molecule has 1 aliphatic heterocycles. The van der Waals surface area contributed by atoms with Crippen LogP contribution < -0.4 is 5.32 Å². The lowest BCUT2D eigenvalue weighted by Gasteiger charge is -2.48. The van der Waals surface area contributed by atoms with Crippen molar-refractivity contribution in [1.29, 1.82) is 0 Å². The molecule has 5 nitrogen and oxygen atoms in total. The van der Waals surface area contributed by atoms with Crippen molar-refractivity contribution < 1.29 is 13.9 Å². The molecule has 2 fully saturated rings. The van der Waals surface area contributed by atoms with Crippen LogP contribution in [0.5, 0.6) is 0 Å². The molecule has 29 heavy (non-hydrogen) atoms. The number of amides is 1. The van der Waals surface area contributed by atoms with Gasteiger partial charge in [0, 0.05) is 29.6 Å². The van der Waals surface area contributed by atoms with Gasteiger partial charge in [-0.25, -0.2) is 0 Å². The second-order valence-electron chi connectivity index (χ2n) is 8.56. The molecule has 1 aromatic heterocycles. The maximum Gasteiger partial charge on any atom is 0.287 e. The van der Waals surface area contributed by atoms with Crippen LogP contribution in [0, 0.1) is 0 Å². The van der Waals surface area contributed by atoms with E-state index in [9.17, 15) is 4.79 Å². The van der Waals surface area contributed by atoms with E-state index in [1.54, 1.807) is 0 Å². The van der Waals surface area contributed by atoms with Gasteiger partial charge in [-0.2, -0.15) is 0 Å². The molecule has 0 bridgehead atoms. The van der Waals surface area contributed by atoms with Gasteiger partial charge in [-0.05, 0) is 51.8 Å². The molecule has 4 rings (SSSR count). The van der Waals surface area contributed by atoms with Crippen molar-refractivity contribution in [2.45, 2.75) is 70.4 Å². The fourth-order valence-corrected chi connectivity index (χ4v) is 5.14. The molecule has 1 saturated carbocycles. The number of para-hydroxylation sites is 1. The zero-order valence-electron chi connectivity index (χ0n) is 17.7. The molecule has 0 unspecified atom stereocenters. The lowest BCUT2D eigenvalue weighted by Crippen LogP contribution is -2.58. The molecule has 0 spiro atoms. The largest absolute Gasteiger partial charge is 0.451 e. The van der Waals surface area contributed by atoms with Crippen molar-refractivity contribution >= 4 is 16.9 Å². The Morgan fingerprint density at radius 2 is 1.83 bits per heavy atom. The molecule has 2 heterocycles. The minimum absolute atomic E-state index is 0.112. The Bertz CT molecular complexity index is 817. The number of ether oxygens (including phenoxy) is 1. The molecule has 1 amide bonds. The first-order valence-corrected chi connectivity index (χ1v) is 11.3. The average molecular weight is 399 g/mol. The van der Waals surface area contributed by atoms with Gasteiger partial charge in [0.1, 0.15) is 5.58 Å². The van der Waals surface area contributed by atoms with Gasteiger partial charge in [0.2, 0.25) is 0 Å². The van der Waals surface area contributed by atoms with Gasteiger partial charge in [-0.15, -0.1) is 0 Å². The summed E-state index contributed by atoms with van der Waals surface area (Å²) in [5.74, 6) is 0.294. The predicted molar refractivity (Wildman–Crippen MR) is 115 cm³/mol. The van der Waals surface area contributed by atoms with E-state index in [0.29, 0.717) is 25.5 Å². The number of carbonyl (C=O) groups excluding carboxylic acids is 1. The van der Waals surface area contributed by atoms with E-state index < -0.39 is 0 Å². The van der Waals surface area contributed by atoms with Crippen molar-refractivity contribution in [3.63, 3.8) is 0 Å². The SMILES string of the molecule is CCOCc1c(C(=O)NCC2(N3CCCCC3)CCCCC2)oc2ccccc12. The van der Waals surface area contributed by atoms with E-state index in [-0.39, 0.29) is 11.4 Å². The number of fused-ring (bicyclic) bond motifs is 1. The van der Waals surface area contributed by atoms with Crippen LogP contribution in [0.25, 0.3) is 11.0 Å². The highest BCUT2D eigenvalue weighted by molar-refractivity contribution is 5.99. The third kappa shape index (κ3) is 4.36. The standard InChI is InChI=1S/C24H34N2O3/c1-2-28-17-20-19-11-5-6-12-21(19)29-22(20)23(27)25-18-24(13-7-3-8-14-24)26-15-9-4-10-16-26/h5-6,11-12H,2-4,7-10,13-18H2,1H3,(H,25,27). The normalized spacial score (nSPS) is 20.0. The van der Waals surface area contributed by atoms with Crippen molar-refractivity contribution in [1.82, 2.24) is 10.2 Å². The highest BCUT2D eigenvalue weighted by Gasteiger charge is 2.39. The highest BCUT2D eigenvalue weighted by atomic mass is 16.5. The fourth-order valence-electron chi connectivity index (χ4n) is 5.14. The molecule has 1 N–H and O–H groups in total. The molecule has 0 radical (unpaired) electrons. The molecule has 2 aromatic rings. The van der Waals surface area contributed by atoms with Crippen LogP contribution in [0.2, 0.25) is 0 Å². The molecule has 1 saturated heterocycles. The Labute approximate surface area is 173 Å². The van der Waals surface area contributed by atoms with Gasteiger partial charge < -0.3 is 14.5 Å². The Hall–Kier alpha value is -1.85. The van der Waals surface area contributed by atoms with Crippen molar-refractivity contribution in [3.05, 3.63) is 35.6 Å². The maximum absolute atomic E-state index is 13.2. The van der Waals surface area contributed by atoms with Crippen molar-refractivity contribution in [2.75, 3.05) is 26.2 Å². The molecular weight excluding hydrogens is 364 g/mol. The van der Waals surface area contributed by atoms with Crippen LogP contribution in [-0.2, 0) is 11.3 Å². The van der Waals surface area contributed by atoms with Crippen LogP contribution in [0.15, 0.2) is 28.7 Å². The van der Waals surface area contributed by atoms with E-state index in [1.807, 2.05) is 31.2 Å². The first-order chi connectivity index (χ1) is 14.2. The van der Waals surface area contributed by atoms with E-state index in [2.05, 4.69) is 10.2 Å². The van der Waals surface area contributed by atoms with Gasteiger partial charge in [-0.1, -0.05) is 43.9 Å². The van der Waals surface area contributed by atoms with E-state index >= 15 is 0 Å². The van der Waals surface area contributed by atoms with Gasteiger partial charge >= 0.3 is 0 Å². The summed E-state index contributed by atoms with van der Waals surface area (Å²) < 4.78 is 11.6. The minimum Gasteiger partial charge on any atom is -0.451 e. The summed E-state index contributed by atoms with van der Waals surface area (Å²) in [6, 6.07) is 7.83. The summed E-state index contributed by atoms with van der Waals surface area (Å²) in [6.07, 6.45) is 10.1. The Morgan fingerprint density at radius 1 is 1.10 bits per heavy atom. The fraction of sp³-hybridized carbons (Fsp3) is 0.625. The first kappa shape index (κ1) is 20.4. The molecule has 5 heteroatoms.